The van der Waals surface area contributed by atoms with Gasteiger partial charge in [-0.3, -0.25) is 0 Å². The van der Waals surface area contributed by atoms with Crippen LogP contribution in [0.15, 0.2) is 0 Å². The molecule has 0 saturated carbocycles. The molecule has 7 heavy (non-hydrogen) atoms. The monoisotopic (exact) mass is 204 g/mol. The predicted molar refractivity (Wildman–Crippen MR) is 21.4 cm³/mol. The predicted octanol–water partition coefficient (Wildman–Crippen LogP) is -1.58. The van der Waals surface area contributed by atoms with Crippen LogP contribution in [-0.2, 0) is 25.6 Å². The number of hydrogen-bond donors (Lipinski definition) is 3. The first kappa shape index (κ1) is 15.8. The molecule has 4 nitrogen and oxygen atoms in total. The molecule has 0 aliphatic carbocycles. The minimum absolute atomic E-state index is 0. The minimum Gasteiger partial charge on any atom is 0 e. The van der Waals surface area contributed by atoms with E-state index in [-0.39, 0.29) is 39.9 Å². The zero-order chi connectivity index (χ0) is 4.50. The average Bonchev–Trinajstić information content (AvgIpc) is 0.722. The summed E-state index contributed by atoms with van der Waals surface area (Å²) in [6.07, 6.45) is 0. The summed E-state index contributed by atoms with van der Waals surface area (Å²) in [5.41, 5.74) is 0. The Morgan fingerprint density at radius 2 is 1.14 bits per heavy atom. The van der Waals surface area contributed by atoms with Crippen molar-refractivity contribution >= 4 is 26.7 Å². The molecule has 0 amide bonds. The molecule has 0 saturated heterocycles. The summed E-state index contributed by atoms with van der Waals surface area (Å²) in [6.45, 7) is 0. The molecule has 0 unspecified atom stereocenters. The van der Waals surface area contributed by atoms with Gasteiger partial charge in [0.1, 0.15) is 0 Å². The molecule has 0 atom stereocenters. The van der Waals surface area contributed by atoms with Gasteiger partial charge >= 0.3 is 26.7 Å². The third kappa shape index (κ3) is 111. The molecule has 7 heteroatoms. The summed E-state index contributed by atoms with van der Waals surface area (Å²) in [7, 11) is -4.64. The van der Waals surface area contributed by atoms with E-state index in [1.165, 1.54) is 0 Å². The van der Waals surface area contributed by atoms with Crippen molar-refractivity contribution in [3.8, 4) is 0 Å². The topological polar surface area (TPSA) is 77.8 Å². The van der Waals surface area contributed by atoms with Gasteiger partial charge in [0.25, 0.3) is 0 Å². The Morgan fingerprint density at radius 3 is 1.14 bits per heavy atom. The van der Waals surface area contributed by atoms with E-state index < -0.39 is 7.82 Å². The normalized spacial score (nSPS) is 8.43. The second-order valence-corrected chi connectivity index (χ2v) is 1.54. The van der Waals surface area contributed by atoms with Crippen molar-refractivity contribution in [1.29, 1.82) is 0 Å². The standard InChI is InChI=1S/Li.Mo.H3O4P.H/c;;1-5(2,3)4;/h;;(H3,1,2,3,4);. The largest absolute Gasteiger partial charge is 0 e. The van der Waals surface area contributed by atoms with Crippen LogP contribution in [0, 0.1) is 0 Å². The molecule has 0 aliphatic heterocycles. The zero-order valence-corrected chi connectivity index (χ0v) is 5.51. The zero-order valence-electron chi connectivity index (χ0n) is 2.61. The van der Waals surface area contributed by atoms with Crippen molar-refractivity contribution in [3.05, 3.63) is 0 Å². The van der Waals surface area contributed by atoms with Crippen LogP contribution in [0.2, 0.25) is 0 Å². The van der Waals surface area contributed by atoms with Crippen molar-refractivity contribution in [2.75, 3.05) is 0 Å². The van der Waals surface area contributed by atoms with Crippen LogP contribution in [0.25, 0.3) is 0 Å². The molecule has 0 aliphatic rings. The van der Waals surface area contributed by atoms with E-state index in [0.717, 1.165) is 0 Å². The van der Waals surface area contributed by atoms with E-state index in [4.69, 9.17) is 19.2 Å². The van der Waals surface area contributed by atoms with E-state index >= 15 is 0 Å². The van der Waals surface area contributed by atoms with Crippen molar-refractivity contribution in [1.82, 2.24) is 0 Å². The summed E-state index contributed by atoms with van der Waals surface area (Å²) in [6, 6.07) is 0. The Labute approximate surface area is 67.0 Å². The SMILES string of the molecule is O=P(O)(O)O.[LiH].[Mo]. The molecule has 0 aromatic heterocycles. The second kappa shape index (κ2) is 5.53. The molecule has 0 heterocycles. The van der Waals surface area contributed by atoms with Crippen LogP contribution in [0.1, 0.15) is 0 Å². The van der Waals surface area contributed by atoms with Crippen LogP contribution in [0.3, 0.4) is 0 Å². The Hall–Kier alpha value is 1.40. The Kier molecular flexibility index (Phi) is 12.5. The fourth-order valence-corrected chi connectivity index (χ4v) is 0. The van der Waals surface area contributed by atoms with Crippen LogP contribution in [0.4, 0.5) is 0 Å². The van der Waals surface area contributed by atoms with Gasteiger partial charge in [-0.1, -0.05) is 0 Å². The summed E-state index contributed by atoms with van der Waals surface area (Å²) in [4.78, 5) is 21.6. The van der Waals surface area contributed by atoms with Gasteiger partial charge in [0.05, 0.1) is 0 Å². The van der Waals surface area contributed by atoms with Gasteiger partial charge < -0.3 is 14.7 Å². The first-order valence-electron chi connectivity index (χ1n) is 0.783. The molecule has 0 rings (SSSR count). The third-order valence-corrected chi connectivity index (χ3v) is 0. The van der Waals surface area contributed by atoms with Crippen molar-refractivity contribution in [3.63, 3.8) is 0 Å². The molecule has 0 aromatic rings. The van der Waals surface area contributed by atoms with Gasteiger partial charge in [-0.15, -0.1) is 0 Å². The Balaban J connectivity index is -0.0000000800. The summed E-state index contributed by atoms with van der Waals surface area (Å²) >= 11 is 0. The van der Waals surface area contributed by atoms with E-state index in [0.29, 0.717) is 0 Å². The van der Waals surface area contributed by atoms with Gasteiger partial charge in [0, 0.05) is 21.1 Å². The quantitative estimate of drug-likeness (QED) is 0.327. The van der Waals surface area contributed by atoms with Crippen molar-refractivity contribution in [2.24, 2.45) is 0 Å². The van der Waals surface area contributed by atoms with Gasteiger partial charge in [-0.05, 0) is 0 Å². The molecule has 3 N–H and O–H groups in total. The third-order valence-electron chi connectivity index (χ3n) is 0. The molecule has 0 radical (unpaired) electrons. The van der Waals surface area contributed by atoms with Crippen LogP contribution >= 0.6 is 7.82 Å². The minimum atomic E-state index is -4.64. The maximum atomic E-state index is 8.88. The van der Waals surface area contributed by atoms with Crippen LogP contribution in [0.5, 0.6) is 0 Å². The van der Waals surface area contributed by atoms with E-state index in [9.17, 15) is 0 Å². The average molecular weight is 202 g/mol. The Bertz CT molecular complexity index is 57.8. The number of phosphoric acid groups is 1. The fourth-order valence-electron chi connectivity index (χ4n) is 0. The second-order valence-electron chi connectivity index (χ2n) is 0.513. The molecule has 0 bridgehead atoms. The molecular weight excluding hydrogens is 198 g/mol. The number of rotatable bonds is 0. The van der Waals surface area contributed by atoms with Crippen molar-refractivity contribution in [2.45, 2.75) is 0 Å². The molecule has 40 valence electrons. The van der Waals surface area contributed by atoms with Crippen LogP contribution in [-0.4, -0.2) is 33.5 Å². The molecule has 0 spiro atoms. The summed E-state index contributed by atoms with van der Waals surface area (Å²) in [5, 5.41) is 0. The first-order valence-corrected chi connectivity index (χ1v) is 2.35. The van der Waals surface area contributed by atoms with Crippen molar-refractivity contribution < 1.29 is 40.3 Å². The van der Waals surface area contributed by atoms with Gasteiger partial charge in [-0.25, -0.2) is 4.57 Å². The molecular formula is H4LiMoO4P. The van der Waals surface area contributed by atoms with Gasteiger partial charge in [-0.2, -0.15) is 0 Å². The maximum Gasteiger partial charge on any atom is 0 e. The van der Waals surface area contributed by atoms with Gasteiger partial charge in [0.2, 0.25) is 0 Å². The first-order chi connectivity index (χ1) is 2.00. The smallest absolute Gasteiger partial charge is 0 e. The fraction of sp³-hybridized carbons (Fsp3) is 0. The van der Waals surface area contributed by atoms with E-state index in [1.807, 2.05) is 0 Å². The van der Waals surface area contributed by atoms with E-state index in [1.54, 1.807) is 0 Å². The van der Waals surface area contributed by atoms with E-state index in [2.05, 4.69) is 0 Å². The summed E-state index contributed by atoms with van der Waals surface area (Å²) in [5.74, 6) is 0. The molecule has 0 aromatic carbocycles. The van der Waals surface area contributed by atoms with Gasteiger partial charge in [0.15, 0.2) is 0 Å². The summed E-state index contributed by atoms with van der Waals surface area (Å²) < 4.78 is 8.88. The number of hydrogen-bond acceptors (Lipinski definition) is 1. The maximum absolute atomic E-state index is 8.88. The molecule has 0 fully saturated rings. The van der Waals surface area contributed by atoms with Crippen LogP contribution < -0.4 is 0 Å². The Morgan fingerprint density at radius 1 is 1.14 bits per heavy atom.